The summed E-state index contributed by atoms with van der Waals surface area (Å²) in [4.78, 5) is 2.81. The summed E-state index contributed by atoms with van der Waals surface area (Å²) in [5.74, 6) is 2.05. The topological polar surface area (TPSA) is 4.44 Å². The molecule has 2 unspecified atom stereocenters. The zero-order chi connectivity index (χ0) is 13.5. The van der Waals surface area contributed by atoms with Crippen molar-refractivity contribution in [3.8, 4) is 0 Å². The van der Waals surface area contributed by atoms with Crippen LogP contribution in [-0.2, 0) is 0 Å². The quantitative estimate of drug-likeness (QED) is 0.384. The molecule has 3 fully saturated rings. The van der Waals surface area contributed by atoms with Crippen LogP contribution < -0.4 is 21.8 Å². The first-order valence-electron chi connectivity index (χ1n) is 8.62. The minimum atomic E-state index is -1.42. The van der Waals surface area contributed by atoms with Crippen LogP contribution in [-0.4, -0.2) is 25.9 Å². The minimum absolute atomic E-state index is 1.02. The van der Waals surface area contributed by atoms with Gasteiger partial charge in [0.25, 0.3) is 0 Å². The first-order chi connectivity index (χ1) is 9.09. The Hall–Kier alpha value is 0.690. The van der Waals surface area contributed by atoms with Gasteiger partial charge in [0, 0.05) is 0 Å². The maximum absolute atomic E-state index is 2.81. The molecule has 0 amide bonds. The summed E-state index contributed by atoms with van der Waals surface area (Å²) in [6.45, 7) is 6.49. The van der Waals surface area contributed by atoms with E-state index < -0.39 is 18.7 Å². The van der Waals surface area contributed by atoms with Gasteiger partial charge >= 0.3 is 125 Å². The molecule has 3 aliphatic rings. The Bertz CT molecular complexity index is 302. The summed E-state index contributed by atoms with van der Waals surface area (Å²) >= 11 is -1.42. The SMILES string of the molecule is CC1CCC([NH+]2CC[I-]2(C)C2CCC(C)CC2)CC1. The molecule has 2 aliphatic carbocycles. The average Bonchev–Trinajstić information content (AvgIpc) is 2.40. The van der Waals surface area contributed by atoms with E-state index in [1.807, 2.05) is 0 Å². The van der Waals surface area contributed by atoms with Crippen LogP contribution in [0.3, 0.4) is 0 Å². The number of halogens is 1. The fourth-order valence-electron chi connectivity index (χ4n) is 4.69. The predicted octanol–water partition coefficient (Wildman–Crippen LogP) is -0.252. The summed E-state index contributed by atoms with van der Waals surface area (Å²) < 4.78 is 5.09. The Morgan fingerprint density at radius 3 is 1.79 bits per heavy atom. The number of rotatable bonds is 2. The zero-order valence-corrected chi connectivity index (χ0v) is 15.4. The van der Waals surface area contributed by atoms with Crippen LogP contribution in [0, 0.1) is 11.8 Å². The van der Waals surface area contributed by atoms with E-state index in [1.54, 1.807) is 49.5 Å². The second-order valence-corrected chi connectivity index (χ2v) is 18.1. The molecule has 0 aromatic carbocycles. The molecule has 114 valence electrons. The number of nitrogens with one attached hydrogen (secondary N) is 1. The number of alkyl halides is 3. The van der Waals surface area contributed by atoms with Crippen molar-refractivity contribution < 1.29 is 21.8 Å². The average molecular weight is 379 g/mol. The third-order valence-corrected chi connectivity index (χ3v) is 18.9. The normalized spacial score (nSPS) is 55.0. The van der Waals surface area contributed by atoms with Gasteiger partial charge in [0.2, 0.25) is 0 Å². The predicted molar refractivity (Wildman–Crippen MR) is 79.5 cm³/mol. The fourth-order valence-corrected chi connectivity index (χ4v) is 15.7. The molecule has 1 saturated heterocycles. The summed E-state index contributed by atoms with van der Waals surface area (Å²) in [6, 6.07) is 1.09. The maximum atomic E-state index is 2.81. The van der Waals surface area contributed by atoms with Crippen molar-refractivity contribution >= 4 is 0 Å². The Balaban J connectivity index is 1.61. The molecule has 2 heteroatoms. The Kier molecular flexibility index (Phi) is 4.48. The Morgan fingerprint density at radius 2 is 1.32 bits per heavy atom. The van der Waals surface area contributed by atoms with E-state index in [0.717, 1.165) is 17.9 Å². The van der Waals surface area contributed by atoms with Crippen molar-refractivity contribution in [3.63, 3.8) is 0 Å². The first-order valence-corrected chi connectivity index (χ1v) is 14.6. The van der Waals surface area contributed by atoms with Gasteiger partial charge in [-0.05, 0) is 0 Å². The van der Waals surface area contributed by atoms with E-state index in [4.69, 9.17) is 0 Å². The van der Waals surface area contributed by atoms with Crippen molar-refractivity contribution in [3.05, 3.63) is 0 Å². The van der Waals surface area contributed by atoms with E-state index in [-0.39, 0.29) is 0 Å². The van der Waals surface area contributed by atoms with Crippen LogP contribution in [0.2, 0.25) is 0 Å². The summed E-state index contributed by atoms with van der Waals surface area (Å²) in [6.07, 6.45) is 12.4. The molecule has 2 saturated carbocycles. The van der Waals surface area contributed by atoms with Crippen molar-refractivity contribution in [2.45, 2.75) is 75.2 Å². The van der Waals surface area contributed by atoms with Crippen molar-refractivity contribution in [2.75, 3.05) is 15.9 Å². The molecule has 0 aromatic heterocycles. The number of hydrogen-bond acceptors (Lipinski definition) is 0. The van der Waals surface area contributed by atoms with Gasteiger partial charge in [-0.1, -0.05) is 0 Å². The van der Waals surface area contributed by atoms with Gasteiger partial charge in [-0.15, -0.1) is 0 Å². The molecule has 1 aliphatic heterocycles. The summed E-state index contributed by atoms with van der Waals surface area (Å²) in [7, 11) is 0. The van der Waals surface area contributed by atoms with Gasteiger partial charge in [0.1, 0.15) is 0 Å². The molecule has 19 heavy (non-hydrogen) atoms. The van der Waals surface area contributed by atoms with E-state index in [9.17, 15) is 0 Å². The summed E-state index contributed by atoms with van der Waals surface area (Å²) in [5, 5.41) is 0. The van der Waals surface area contributed by atoms with Crippen LogP contribution in [0.1, 0.15) is 65.2 Å². The van der Waals surface area contributed by atoms with E-state index >= 15 is 0 Å². The van der Waals surface area contributed by atoms with Crippen molar-refractivity contribution in [1.82, 2.24) is 0 Å². The van der Waals surface area contributed by atoms with Gasteiger partial charge < -0.3 is 0 Å². The van der Waals surface area contributed by atoms with E-state index in [0.29, 0.717) is 0 Å². The third-order valence-electron chi connectivity index (χ3n) is 6.37. The van der Waals surface area contributed by atoms with Crippen LogP contribution in [0.25, 0.3) is 0 Å². The molecule has 3 rings (SSSR count). The standard InChI is InChI=1S/C17H34IN/c1-14-4-8-16(9-5-14)18(3)12-13-19(18)17-10-6-15(2)7-11-17/h14-17,19H,4-13H2,1-3H3. The molecule has 1 nitrogen and oxygen atoms in total. The van der Waals surface area contributed by atoms with Crippen molar-refractivity contribution in [2.24, 2.45) is 11.8 Å². The molecule has 0 aromatic rings. The molecule has 2 atom stereocenters. The zero-order valence-electron chi connectivity index (χ0n) is 13.3. The van der Waals surface area contributed by atoms with Crippen molar-refractivity contribution in [1.29, 1.82) is 0 Å². The van der Waals surface area contributed by atoms with Crippen LogP contribution in [0.15, 0.2) is 0 Å². The molecule has 1 N–H and O–H groups in total. The van der Waals surface area contributed by atoms with Gasteiger partial charge in [-0.3, -0.25) is 0 Å². The van der Waals surface area contributed by atoms with Crippen LogP contribution in [0.4, 0.5) is 0 Å². The van der Waals surface area contributed by atoms with Gasteiger partial charge in [-0.25, -0.2) is 0 Å². The third kappa shape index (κ3) is 2.86. The molecular weight excluding hydrogens is 345 g/mol. The van der Waals surface area contributed by atoms with Crippen LogP contribution >= 0.6 is 0 Å². The second-order valence-electron chi connectivity index (χ2n) is 7.77. The first kappa shape index (κ1) is 14.6. The summed E-state index contributed by atoms with van der Waals surface area (Å²) in [5.41, 5.74) is 0. The molecule has 1 heterocycles. The fraction of sp³-hybridized carbons (Fsp3) is 1.00. The monoisotopic (exact) mass is 379 g/mol. The van der Waals surface area contributed by atoms with Crippen LogP contribution in [0.5, 0.6) is 0 Å². The Labute approximate surface area is 124 Å². The Morgan fingerprint density at radius 1 is 0.789 bits per heavy atom. The molecule has 0 radical (unpaired) electrons. The number of quaternary nitrogens is 1. The number of hydrogen-bond donors (Lipinski definition) is 1. The van der Waals surface area contributed by atoms with Gasteiger partial charge in [-0.2, -0.15) is 0 Å². The van der Waals surface area contributed by atoms with Gasteiger partial charge in [0.05, 0.1) is 0 Å². The molecule has 0 bridgehead atoms. The molecule has 0 spiro atoms. The van der Waals surface area contributed by atoms with Gasteiger partial charge in [0.15, 0.2) is 0 Å². The van der Waals surface area contributed by atoms with E-state index in [2.05, 4.69) is 21.9 Å². The second kappa shape index (κ2) is 5.82. The van der Waals surface area contributed by atoms with E-state index in [1.165, 1.54) is 16.8 Å². The molecular formula is C17H34IN.